The highest BCUT2D eigenvalue weighted by atomic mass is 32.2. The van der Waals surface area contributed by atoms with Gasteiger partial charge in [0.15, 0.2) is 21.4 Å². The molecule has 1 aliphatic heterocycles. The van der Waals surface area contributed by atoms with Crippen LogP contribution in [0.25, 0.3) is 0 Å². The van der Waals surface area contributed by atoms with Gasteiger partial charge in [0, 0.05) is 11.6 Å². The monoisotopic (exact) mass is 301 g/mol. The lowest BCUT2D eigenvalue weighted by Crippen LogP contribution is -2.35. The van der Waals surface area contributed by atoms with E-state index in [1.54, 1.807) is 6.92 Å². The summed E-state index contributed by atoms with van der Waals surface area (Å²) in [5, 5.41) is 2.60. The Morgan fingerprint density at radius 3 is 2.80 bits per heavy atom. The number of nitrogens with one attached hydrogen (secondary N) is 1. The highest BCUT2D eigenvalue weighted by Crippen LogP contribution is 2.19. The molecule has 1 unspecified atom stereocenters. The summed E-state index contributed by atoms with van der Waals surface area (Å²) in [6.07, 6.45) is 0.396. The Hall–Kier alpha value is -1.63. The van der Waals surface area contributed by atoms with E-state index in [-0.39, 0.29) is 22.8 Å². The molecule has 2 rings (SSSR count). The molecular formula is C13H16FNO4S. The van der Waals surface area contributed by atoms with Gasteiger partial charge in [-0.25, -0.2) is 12.8 Å². The first-order valence-electron chi connectivity index (χ1n) is 6.35. The van der Waals surface area contributed by atoms with Gasteiger partial charge in [0.1, 0.15) is 0 Å². The van der Waals surface area contributed by atoms with Crippen molar-refractivity contribution >= 4 is 15.7 Å². The number of benzene rings is 1. The van der Waals surface area contributed by atoms with E-state index in [2.05, 4.69) is 5.32 Å². The molecule has 0 saturated carbocycles. The molecule has 1 aromatic rings. The Morgan fingerprint density at radius 2 is 2.25 bits per heavy atom. The summed E-state index contributed by atoms with van der Waals surface area (Å²) < 4.78 is 41.3. The average molecular weight is 301 g/mol. The van der Waals surface area contributed by atoms with Crippen molar-refractivity contribution in [3.63, 3.8) is 0 Å². The Morgan fingerprint density at radius 1 is 1.50 bits per heavy atom. The molecule has 110 valence electrons. The molecule has 7 heteroatoms. The van der Waals surface area contributed by atoms with Gasteiger partial charge in [0.25, 0.3) is 5.91 Å². The normalized spacial score (nSPS) is 20.6. The predicted octanol–water partition coefficient (Wildman–Crippen LogP) is 1.14. The zero-order valence-corrected chi connectivity index (χ0v) is 11.9. The van der Waals surface area contributed by atoms with Crippen molar-refractivity contribution in [1.82, 2.24) is 5.32 Å². The minimum Gasteiger partial charge on any atom is -0.491 e. The van der Waals surface area contributed by atoms with Gasteiger partial charge in [0.05, 0.1) is 18.1 Å². The number of carbonyl (C=O) groups is 1. The van der Waals surface area contributed by atoms with Gasteiger partial charge >= 0.3 is 0 Å². The van der Waals surface area contributed by atoms with Gasteiger partial charge in [0.2, 0.25) is 0 Å². The van der Waals surface area contributed by atoms with Crippen molar-refractivity contribution < 1.29 is 22.3 Å². The molecule has 0 aromatic heterocycles. The second kappa shape index (κ2) is 5.78. The molecule has 1 heterocycles. The number of hydrogen-bond acceptors (Lipinski definition) is 4. The van der Waals surface area contributed by atoms with Crippen LogP contribution in [0, 0.1) is 5.82 Å². The number of hydrogen-bond donors (Lipinski definition) is 1. The Kier molecular flexibility index (Phi) is 4.27. The van der Waals surface area contributed by atoms with E-state index in [4.69, 9.17) is 4.74 Å². The maximum atomic E-state index is 13.6. The number of halogens is 1. The molecular weight excluding hydrogens is 285 g/mol. The Bertz CT molecular complexity index is 615. The van der Waals surface area contributed by atoms with Crippen LogP contribution in [0.4, 0.5) is 4.39 Å². The van der Waals surface area contributed by atoms with Crippen LogP contribution in [0.1, 0.15) is 23.7 Å². The summed E-state index contributed by atoms with van der Waals surface area (Å²) >= 11 is 0. The van der Waals surface area contributed by atoms with Crippen LogP contribution < -0.4 is 10.1 Å². The van der Waals surface area contributed by atoms with E-state index in [0.717, 1.165) is 6.07 Å². The van der Waals surface area contributed by atoms with Crippen LogP contribution in [0.5, 0.6) is 5.75 Å². The summed E-state index contributed by atoms with van der Waals surface area (Å²) in [6.45, 7) is 2.07. The van der Waals surface area contributed by atoms with Crippen molar-refractivity contribution in [2.24, 2.45) is 0 Å². The molecule has 0 radical (unpaired) electrons. The molecule has 1 aliphatic rings. The van der Waals surface area contributed by atoms with E-state index in [1.165, 1.54) is 12.1 Å². The minimum atomic E-state index is -3.05. The topological polar surface area (TPSA) is 72.5 Å². The predicted molar refractivity (Wildman–Crippen MR) is 72.1 cm³/mol. The first-order valence-corrected chi connectivity index (χ1v) is 8.17. The maximum absolute atomic E-state index is 13.6. The molecule has 20 heavy (non-hydrogen) atoms. The molecule has 1 N–H and O–H groups in total. The lowest BCUT2D eigenvalue weighted by molar-refractivity contribution is 0.0940. The van der Waals surface area contributed by atoms with Gasteiger partial charge in [-0.05, 0) is 31.5 Å². The van der Waals surface area contributed by atoms with Crippen molar-refractivity contribution in [1.29, 1.82) is 0 Å². The molecule has 1 atom stereocenters. The molecule has 1 fully saturated rings. The third-order valence-electron chi connectivity index (χ3n) is 3.06. The highest BCUT2D eigenvalue weighted by Gasteiger charge is 2.29. The second-order valence-corrected chi connectivity index (χ2v) is 6.88. The fourth-order valence-corrected chi connectivity index (χ4v) is 3.77. The summed E-state index contributed by atoms with van der Waals surface area (Å²) in [6, 6.07) is 3.53. The van der Waals surface area contributed by atoms with Crippen LogP contribution in [-0.4, -0.2) is 38.5 Å². The van der Waals surface area contributed by atoms with E-state index >= 15 is 0 Å². The van der Waals surface area contributed by atoms with Crippen molar-refractivity contribution in [2.75, 3.05) is 18.1 Å². The van der Waals surface area contributed by atoms with E-state index in [9.17, 15) is 17.6 Å². The van der Waals surface area contributed by atoms with Gasteiger partial charge < -0.3 is 10.1 Å². The lowest BCUT2D eigenvalue weighted by atomic mass is 10.1. The fourth-order valence-electron chi connectivity index (χ4n) is 2.09. The number of amides is 1. The fraction of sp³-hybridized carbons (Fsp3) is 0.462. The summed E-state index contributed by atoms with van der Waals surface area (Å²) in [4.78, 5) is 11.9. The summed E-state index contributed by atoms with van der Waals surface area (Å²) in [5.74, 6) is -0.978. The first-order chi connectivity index (χ1) is 9.41. The first kappa shape index (κ1) is 14.8. The summed E-state index contributed by atoms with van der Waals surface area (Å²) in [5.41, 5.74) is 0.148. The number of carbonyl (C=O) groups excluding carboxylic acids is 1. The van der Waals surface area contributed by atoms with Gasteiger partial charge in [-0.1, -0.05) is 0 Å². The van der Waals surface area contributed by atoms with Crippen LogP contribution in [-0.2, 0) is 9.84 Å². The Balaban J connectivity index is 2.04. The van der Waals surface area contributed by atoms with Crippen LogP contribution in [0.15, 0.2) is 18.2 Å². The van der Waals surface area contributed by atoms with Gasteiger partial charge in [-0.2, -0.15) is 0 Å². The zero-order valence-electron chi connectivity index (χ0n) is 11.1. The van der Waals surface area contributed by atoms with Crippen LogP contribution in [0.2, 0.25) is 0 Å². The second-order valence-electron chi connectivity index (χ2n) is 4.65. The molecule has 0 spiro atoms. The smallest absolute Gasteiger partial charge is 0.251 e. The highest BCUT2D eigenvalue weighted by molar-refractivity contribution is 7.91. The molecule has 0 bridgehead atoms. The third-order valence-corrected chi connectivity index (χ3v) is 4.83. The quantitative estimate of drug-likeness (QED) is 0.905. The van der Waals surface area contributed by atoms with Crippen molar-refractivity contribution in [2.45, 2.75) is 19.4 Å². The largest absolute Gasteiger partial charge is 0.491 e. The number of sulfone groups is 1. The third kappa shape index (κ3) is 3.47. The van der Waals surface area contributed by atoms with Gasteiger partial charge in [-0.3, -0.25) is 4.79 Å². The number of rotatable bonds is 4. The zero-order chi connectivity index (χ0) is 14.8. The number of ether oxygens (including phenoxy) is 1. The molecule has 1 aromatic carbocycles. The van der Waals surface area contributed by atoms with Crippen LogP contribution in [0.3, 0.4) is 0 Å². The molecule has 1 amide bonds. The maximum Gasteiger partial charge on any atom is 0.251 e. The average Bonchev–Trinajstić information content (AvgIpc) is 2.71. The van der Waals surface area contributed by atoms with Crippen LogP contribution >= 0.6 is 0 Å². The van der Waals surface area contributed by atoms with Crippen molar-refractivity contribution in [3.8, 4) is 5.75 Å². The van der Waals surface area contributed by atoms with Gasteiger partial charge in [-0.15, -0.1) is 0 Å². The molecule has 5 nitrogen and oxygen atoms in total. The van der Waals surface area contributed by atoms with Crippen molar-refractivity contribution in [3.05, 3.63) is 29.6 Å². The molecule has 0 aliphatic carbocycles. The van der Waals surface area contributed by atoms with E-state index in [1.807, 2.05) is 0 Å². The summed E-state index contributed by atoms with van der Waals surface area (Å²) in [7, 11) is -3.05. The SMILES string of the molecule is CCOc1ccc(C(=O)NC2CCS(=O)(=O)C2)cc1F. The van der Waals surface area contributed by atoms with E-state index < -0.39 is 27.6 Å². The van der Waals surface area contributed by atoms with E-state index in [0.29, 0.717) is 13.0 Å². The lowest BCUT2D eigenvalue weighted by Gasteiger charge is -2.11. The molecule has 1 saturated heterocycles. The standard InChI is InChI=1S/C13H16FNO4S/c1-2-19-12-4-3-9(7-11(12)14)13(16)15-10-5-6-20(17,18)8-10/h3-4,7,10H,2,5-6,8H2,1H3,(H,15,16). The minimum absolute atomic E-state index is 0.0573. The Labute approximate surface area is 117 Å².